The van der Waals surface area contributed by atoms with Crippen LogP contribution in [-0.2, 0) is 9.59 Å². The zero-order valence-corrected chi connectivity index (χ0v) is 10.6. The van der Waals surface area contributed by atoms with Crippen LogP contribution < -0.4 is 5.73 Å². The molecule has 0 aromatic carbocycles. The maximum Gasteiger partial charge on any atom is 0.326 e. The summed E-state index contributed by atoms with van der Waals surface area (Å²) in [5.74, 6) is -0.803. The lowest BCUT2D eigenvalue weighted by molar-refractivity contribution is -0.152. The average molecular weight is 242 g/mol. The van der Waals surface area contributed by atoms with E-state index in [1.807, 2.05) is 13.8 Å². The predicted molar refractivity (Wildman–Crippen MR) is 64.4 cm³/mol. The van der Waals surface area contributed by atoms with Gasteiger partial charge in [-0.15, -0.1) is 0 Å². The number of carboxylic acids is 1. The molecule has 1 fully saturated rings. The molecule has 5 nitrogen and oxygen atoms in total. The van der Waals surface area contributed by atoms with Crippen LogP contribution in [0.1, 0.15) is 39.5 Å². The summed E-state index contributed by atoms with van der Waals surface area (Å²) in [4.78, 5) is 24.6. The number of nitrogens with zero attached hydrogens (tertiary/aromatic N) is 1. The summed E-state index contributed by atoms with van der Waals surface area (Å²) in [6.45, 7) is 4.51. The summed E-state index contributed by atoms with van der Waals surface area (Å²) in [6, 6.07) is -1.26. The van der Waals surface area contributed by atoms with Crippen LogP contribution in [-0.4, -0.2) is 40.5 Å². The van der Waals surface area contributed by atoms with Crippen molar-refractivity contribution in [2.24, 2.45) is 11.7 Å². The van der Waals surface area contributed by atoms with Crippen molar-refractivity contribution in [2.45, 2.75) is 51.6 Å². The topological polar surface area (TPSA) is 83.6 Å². The van der Waals surface area contributed by atoms with Gasteiger partial charge in [-0.1, -0.05) is 13.8 Å². The molecule has 0 aromatic rings. The highest BCUT2D eigenvalue weighted by Gasteiger charge is 2.34. The SMILES string of the molecule is CC(C)CC(N)C(=O)N1CCCC[C@@H]1C(=O)O. The van der Waals surface area contributed by atoms with Gasteiger partial charge in [0.1, 0.15) is 6.04 Å². The van der Waals surface area contributed by atoms with Gasteiger partial charge in [0.15, 0.2) is 0 Å². The third kappa shape index (κ3) is 3.70. The van der Waals surface area contributed by atoms with E-state index in [2.05, 4.69) is 0 Å². The summed E-state index contributed by atoms with van der Waals surface area (Å²) in [5, 5.41) is 9.09. The molecule has 0 aromatic heterocycles. The number of likely N-dealkylation sites (tertiary alicyclic amines) is 1. The molecule has 1 rings (SSSR count). The van der Waals surface area contributed by atoms with Crippen molar-refractivity contribution < 1.29 is 14.7 Å². The highest BCUT2D eigenvalue weighted by Crippen LogP contribution is 2.19. The number of carbonyl (C=O) groups excluding carboxylic acids is 1. The number of carbonyl (C=O) groups is 2. The maximum absolute atomic E-state index is 12.1. The van der Waals surface area contributed by atoms with Crippen molar-refractivity contribution >= 4 is 11.9 Å². The van der Waals surface area contributed by atoms with Gasteiger partial charge in [0.2, 0.25) is 5.91 Å². The van der Waals surface area contributed by atoms with Crippen molar-refractivity contribution in [3.05, 3.63) is 0 Å². The Bertz CT molecular complexity index is 291. The second kappa shape index (κ2) is 6.00. The van der Waals surface area contributed by atoms with E-state index in [0.29, 0.717) is 25.3 Å². The van der Waals surface area contributed by atoms with Crippen molar-refractivity contribution in [3.8, 4) is 0 Å². The Labute approximate surface area is 102 Å². The first kappa shape index (κ1) is 14.0. The fraction of sp³-hybridized carbons (Fsp3) is 0.833. The van der Waals surface area contributed by atoms with Crippen molar-refractivity contribution in [1.82, 2.24) is 4.90 Å². The van der Waals surface area contributed by atoms with Crippen LogP contribution in [0.2, 0.25) is 0 Å². The molecular weight excluding hydrogens is 220 g/mol. The van der Waals surface area contributed by atoms with Crippen LogP contribution in [0.3, 0.4) is 0 Å². The molecule has 1 amide bonds. The minimum absolute atomic E-state index is 0.217. The van der Waals surface area contributed by atoms with E-state index >= 15 is 0 Å². The Morgan fingerprint density at radius 1 is 1.41 bits per heavy atom. The van der Waals surface area contributed by atoms with Crippen LogP contribution in [0.15, 0.2) is 0 Å². The summed E-state index contributed by atoms with van der Waals surface area (Å²) < 4.78 is 0. The molecular formula is C12H22N2O3. The third-order valence-corrected chi connectivity index (χ3v) is 3.11. The Morgan fingerprint density at radius 2 is 2.06 bits per heavy atom. The Kier molecular flexibility index (Phi) is 4.93. The maximum atomic E-state index is 12.1. The first-order valence-corrected chi connectivity index (χ1v) is 6.22. The van der Waals surface area contributed by atoms with E-state index < -0.39 is 18.1 Å². The predicted octanol–water partition coefficient (Wildman–Crippen LogP) is 0.825. The molecule has 98 valence electrons. The van der Waals surface area contributed by atoms with Crippen LogP contribution >= 0.6 is 0 Å². The molecule has 0 spiro atoms. The Balaban J connectivity index is 2.67. The first-order valence-electron chi connectivity index (χ1n) is 6.22. The normalized spacial score (nSPS) is 22.6. The second-order valence-electron chi connectivity index (χ2n) is 5.12. The van der Waals surface area contributed by atoms with Gasteiger partial charge < -0.3 is 15.7 Å². The number of rotatable bonds is 4. The van der Waals surface area contributed by atoms with Crippen molar-refractivity contribution in [1.29, 1.82) is 0 Å². The van der Waals surface area contributed by atoms with Crippen LogP contribution in [0.5, 0.6) is 0 Å². The van der Waals surface area contributed by atoms with E-state index in [1.165, 1.54) is 4.90 Å². The fourth-order valence-corrected chi connectivity index (χ4v) is 2.27. The minimum atomic E-state index is -0.921. The van der Waals surface area contributed by atoms with E-state index in [9.17, 15) is 9.59 Å². The summed E-state index contributed by atoms with van der Waals surface area (Å²) in [7, 11) is 0. The number of aliphatic carboxylic acids is 1. The van der Waals surface area contributed by atoms with Gasteiger partial charge in [-0.25, -0.2) is 4.79 Å². The van der Waals surface area contributed by atoms with Crippen LogP contribution in [0, 0.1) is 5.92 Å². The van der Waals surface area contributed by atoms with Gasteiger partial charge in [0, 0.05) is 6.54 Å². The first-order chi connectivity index (χ1) is 7.93. The molecule has 3 N–H and O–H groups in total. The number of hydrogen-bond donors (Lipinski definition) is 2. The quantitative estimate of drug-likeness (QED) is 0.764. The van der Waals surface area contributed by atoms with Gasteiger partial charge in [0.25, 0.3) is 0 Å². The molecule has 17 heavy (non-hydrogen) atoms. The highest BCUT2D eigenvalue weighted by atomic mass is 16.4. The lowest BCUT2D eigenvalue weighted by Crippen LogP contribution is -2.53. The summed E-state index contributed by atoms with van der Waals surface area (Å²) >= 11 is 0. The zero-order chi connectivity index (χ0) is 13.0. The molecule has 1 unspecified atom stereocenters. The monoisotopic (exact) mass is 242 g/mol. The number of amides is 1. The molecule has 0 radical (unpaired) electrons. The average Bonchev–Trinajstić information content (AvgIpc) is 2.27. The van der Waals surface area contributed by atoms with E-state index in [-0.39, 0.29) is 5.91 Å². The Hall–Kier alpha value is -1.10. The minimum Gasteiger partial charge on any atom is -0.480 e. The molecule has 2 atom stereocenters. The van der Waals surface area contributed by atoms with Crippen LogP contribution in [0.4, 0.5) is 0 Å². The molecule has 1 heterocycles. The Morgan fingerprint density at radius 3 is 2.59 bits per heavy atom. The molecule has 0 aliphatic carbocycles. The third-order valence-electron chi connectivity index (χ3n) is 3.11. The molecule has 0 saturated carbocycles. The van der Waals surface area contributed by atoms with Gasteiger partial charge in [-0.3, -0.25) is 4.79 Å². The highest BCUT2D eigenvalue weighted by molar-refractivity contribution is 5.87. The van der Waals surface area contributed by atoms with E-state index in [0.717, 1.165) is 12.8 Å². The largest absolute Gasteiger partial charge is 0.480 e. The lowest BCUT2D eigenvalue weighted by Gasteiger charge is -2.34. The lowest BCUT2D eigenvalue weighted by atomic mass is 9.98. The molecule has 1 aliphatic rings. The standard InChI is InChI=1S/C12H22N2O3/c1-8(2)7-9(13)11(15)14-6-4-3-5-10(14)12(16)17/h8-10H,3-7,13H2,1-2H3,(H,16,17)/t9?,10-/m1/s1. The molecule has 1 aliphatic heterocycles. The van der Waals surface area contributed by atoms with Gasteiger partial charge >= 0.3 is 5.97 Å². The van der Waals surface area contributed by atoms with Gasteiger partial charge in [-0.2, -0.15) is 0 Å². The van der Waals surface area contributed by atoms with Gasteiger partial charge in [-0.05, 0) is 31.6 Å². The van der Waals surface area contributed by atoms with E-state index in [1.54, 1.807) is 0 Å². The summed E-state index contributed by atoms with van der Waals surface area (Å²) in [5.41, 5.74) is 5.83. The molecule has 5 heteroatoms. The van der Waals surface area contributed by atoms with Crippen molar-refractivity contribution in [2.75, 3.05) is 6.54 Å². The number of piperidine rings is 1. The smallest absolute Gasteiger partial charge is 0.326 e. The fourth-order valence-electron chi connectivity index (χ4n) is 2.27. The number of hydrogen-bond acceptors (Lipinski definition) is 3. The van der Waals surface area contributed by atoms with Crippen molar-refractivity contribution in [3.63, 3.8) is 0 Å². The molecule has 0 bridgehead atoms. The summed E-state index contributed by atoms with van der Waals surface area (Å²) in [6.07, 6.45) is 2.86. The second-order valence-corrected chi connectivity index (χ2v) is 5.12. The number of nitrogens with two attached hydrogens (primary N) is 1. The molecule has 1 saturated heterocycles. The van der Waals surface area contributed by atoms with Gasteiger partial charge in [0.05, 0.1) is 6.04 Å². The van der Waals surface area contributed by atoms with E-state index in [4.69, 9.17) is 10.8 Å². The zero-order valence-electron chi connectivity index (χ0n) is 10.6. The number of carboxylic acid groups (broad SMARTS) is 1. The van der Waals surface area contributed by atoms with Crippen LogP contribution in [0.25, 0.3) is 0 Å².